The Balaban J connectivity index is 1.90. The van der Waals surface area contributed by atoms with Crippen molar-refractivity contribution in [3.63, 3.8) is 0 Å². The number of fused-ring (bicyclic) bond motifs is 2. The average molecular weight is 367 g/mol. The van der Waals surface area contributed by atoms with E-state index in [2.05, 4.69) is 9.97 Å². The lowest BCUT2D eigenvalue weighted by Gasteiger charge is -2.10. The first-order chi connectivity index (χ1) is 12.5. The topological polar surface area (TPSA) is 99.1 Å². The van der Waals surface area contributed by atoms with E-state index in [4.69, 9.17) is 10.2 Å². The summed E-state index contributed by atoms with van der Waals surface area (Å²) in [6, 6.07) is 10.5. The molecule has 0 radical (unpaired) electrons. The predicted molar refractivity (Wildman–Crippen MR) is 102 cm³/mol. The van der Waals surface area contributed by atoms with Crippen molar-refractivity contribution in [2.75, 3.05) is 11.5 Å². The van der Waals surface area contributed by atoms with E-state index in [0.717, 1.165) is 16.6 Å². The molecule has 0 aliphatic rings. The maximum atomic E-state index is 12.4. The van der Waals surface area contributed by atoms with Crippen LogP contribution in [-0.4, -0.2) is 24.1 Å². The molecule has 26 heavy (non-hydrogen) atoms. The van der Waals surface area contributed by atoms with E-state index in [9.17, 15) is 8.42 Å². The van der Waals surface area contributed by atoms with Crippen LogP contribution in [0.1, 0.15) is 13.3 Å². The molecular weight excluding hydrogens is 350 g/mol. The van der Waals surface area contributed by atoms with E-state index in [1.807, 2.05) is 25.1 Å². The summed E-state index contributed by atoms with van der Waals surface area (Å²) >= 11 is 0. The van der Waals surface area contributed by atoms with E-state index in [1.54, 1.807) is 24.4 Å². The molecule has 0 amide bonds. The fourth-order valence-electron chi connectivity index (χ4n) is 3.03. The summed E-state index contributed by atoms with van der Waals surface area (Å²) in [6.07, 6.45) is 3.65. The molecule has 0 fully saturated rings. The number of rotatable bonds is 4. The van der Waals surface area contributed by atoms with Crippen molar-refractivity contribution in [2.24, 2.45) is 0 Å². The van der Waals surface area contributed by atoms with Gasteiger partial charge >= 0.3 is 0 Å². The van der Waals surface area contributed by atoms with Crippen LogP contribution in [0.3, 0.4) is 0 Å². The molecule has 2 aromatic heterocycles. The Kier molecular flexibility index (Phi) is 3.88. The van der Waals surface area contributed by atoms with Crippen LogP contribution in [0, 0.1) is 0 Å². The van der Waals surface area contributed by atoms with Crippen LogP contribution in [0.25, 0.3) is 33.1 Å². The Hall–Kier alpha value is -2.93. The van der Waals surface area contributed by atoms with Gasteiger partial charge in [-0.15, -0.1) is 0 Å². The van der Waals surface area contributed by atoms with Gasteiger partial charge in [-0.05, 0) is 42.3 Å². The number of hydrogen-bond donors (Lipinski definition) is 1. The Bertz CT molecular complexity index is 1230. The number of anilines is 1. The summed E-state index contributed by atoms with van der Waals surface area (Å²) in [7, 11) is -3.32. The first-order valence-electron chi connectivity index (χ1n) is 8.24. The minimum absolute atomic E-state index is 0.106. The first kappa shape index (κ1) is 16.5. The van der Waals surface area contributed by atoms with E-state index in [-0.39, 0.29) is 10.6 Å². The van der Waals surface area contributed by atoms with Gasteiger partial charge in [-0.25, -0.2) is 13.4 Å². The monoisotopic (exact) mass is 367 g/mol. The van der Waals surface area contributed by atoms with E-state index in [1.165, 1.54) is 6.39 Å². The third-order valence-electron chi connectivity index (χ3n) is 4.35. The number of nitrogens with zero attached hydrogens (tertiary/aromatic N) is 2. The Morgan fingerprint density at radius 1 is 1.08 bits per heavy atom. The molecule has 0 bridgehead atoms. The Labute approximate surface area is 150 Å². The van der Waals surface area contributed by atoms with Crippen LogP contribution in [0.2, 0.25) is 0 Å². The Morgan fingerprint density at radius 3 is 2.73 bits per heavy atom. The molecule has 132 valence electrons. The van der Waals surface area contributed by atoms with Crippen LogP contribution in [0.15, 0.2) is 58.3 Å². The minimum atomic E-state index is -3.32. The van der Waals surface area contributed by atoms with Crippen molar-refractivity contribution in [1.82, 2.24) is 9.97 Å². The minimum Gasteiger partial charge on any atom is -0.443 e. The smallest absolute Gasteiger partial charge is 0.181 e. The fraction of sp³-hybridized carbons (Fsp3) is 0.158. The average Bonchev–Trinajstić information content (AvgIpc) is 3.09. The molecular formula is C19H17N3O3S. The van der Waals surface area contributed by atoms with E-state index in [0.29, 0.717) is 28.6 Å². The lowest BCUT2D eigenvalue weighted by Crippen LogP contribution is -2.06. The van der Waals surface area contributed by atoms with E-state index < -0.39 is 9.84 Å². The normalized spacial score (nSPS) is 12.0. The van der Waals surface area contributed by atoms with Crippen molar-refractivity contribution < 1.29 is 12.8 Å². The number of pyridine rings is 1. The lowest BCUT2D eigenvalue weighted by molar-refractivity contribution is 0.595. The number of benzene rings is 2. The van der Waals surface area contributed by atoms with Crippen LogP contribution in [-0.2, 0) is 9.84 Å². The molecule has 0 saturated carbocycles. The van der Waals surface area contributed by atoms with Crippen LogP contribution in [0.5, 0.6) is 0 Å². The standard InChI is InChI=1S/C19H17N3O3S/c1-2-7-26(23,24)13-4-5-16-14(9-13)19(20)15(10-21-16)12-3-6-18-17(8-12)22-11-25-18/h3-6,8-11H,2,7H2,1H3,(H2,20,21). The summed E-state index contributed by atoms with van der Waals surface area (Å²) in [5.74, 6) is 0.106. The highest BCUT2D eigenvalue weighted by Gasteiger charge is 2.16. The summed E-state index contributed by atoms with van der Waals surface area (Å²) < 4.78 is 30.0. The van der Waals surface area contributed by atoms with Crippen LogP contribution >= 0.6 is 0 Å². The number of nitrogen functional groups attached to an aromatic ring is 1. The SMILES string of the molecule is CCCS(=O)(=O)c1ccc2ncc(-c3ccc4ocnc4c3)c(N)c2c1. The largest absolute Gasteiger partial charge is 0.443 e. The molecule has 2 heterocycles. The molecule has 0 aliphatic heterocycles. The third kappa shape index (κ3) is 2.70. The van der Waals surface area contributed by atoms with Crippen molar-refractivity contribution in [3.05, 3.63) is 49.0 Å². The van der Waals surface area contributed by atoms with Gasteiger partial charge in [0.1, 0.15) is 5.52 Å². The highest BCUT2D eigenvalue weighted by atomic mass is 32.2. The first-order valence-corrected chi connectivity index (χ1v) is 9.89. The van der Waals surface area contributed by atoms with Gasteiger partial charge in [-0.2, -0.15) is 0 Å². The highest BCUT2D eigenvalue weighted by Crippen LogP contribution is 2.33. The molecule has 4 rings (SSSR count). The molecule has 0 aliphatic carbocycles. The number of nitrogens with two attached hydrogens (primary N) is 1. The van der Waals surface area contributed by atoms with Crippen LogP contribution < -0.4 is 5.73 Å². The maximum absolute atomic E-state index is 12.4. The summed E-state index contributed by atoms with van der Waals surface area (Å²) in [5, 5.41) is 0.625. The van der Waals surface area contributed by atoms with Gasteiger partial charge in [0.05, 0.1) is 21.9 Å². The number of sulfone groups is 1. The molecule has 0 spiro atoms. The van der Waals surface area contributed by atoms with Gasteiger partial charge in [0.25, 0.3) is 0 Å². The van der Waals surface area contributed by atoms with Crippen molar-refractivity contribution in [2.45, 2.75) is 18.2 Å². The van der Waals surface area contributed by atoms with Gasteiger partial charge < -0.3 is 10.2 Å². The molecule has 4 aromatic rings. The second-order valence-corrected chi connectivity index (χ2v) is 8.23. The summed E-state index contributed by atoms with van der Waals surface area (Å²) in [4.78, 5) is 8.86. The van der Waals surface area contributed by atoms with Gasteiger partial charge in [0.15, 0.2) is 21.8 Å². The molecule has 0 atom stereocenters. The van der Waals surface area contributed by atoms with Gasteiger partial charge in [0, 0.05) is 17.1 Å². The van der Waals surface area contributed by atoms with Crippen molar-refractivity contribution in [3.8, 4) is 11.1 Å². The maximum Gasteiger partial charge on any atom is 0.181 e. The van der Waals surface area contributed by atoms with Gasteiger partial charge in [-0.3, -0.25) is 4.98 Å². The lowest BCUT2D eigenvalue weighted by atomic mass is 10.0. The zero-order valence-corrected chi connectivity index (χ0v) is 15.0. The predicted octanol–water partition coefficient (Wildman–Crippen LogP) is 3.81. The van der Waals surface area contributed by atoms with Crippen molar-refractivity contribution >= 4 is 37.5 Å². The third-order valence-corrected chi connectivity index (χ3v) is 6.27. The second-order valence-electron chi connectivity index (χ2n) is 6.12. The zero-order chi connectivity index (χ0) is 18.3. The van der Waals surface area contributed by atoms with Crippen molar-refractivity contribution in [1.29, 1.82) is 0 Å². The molecule has 2 N–H and O–H groups in total. The fourth-order valence-corrected chi connectivity index (χ4v) is 4.37. The Morgan fingerprint density at radius 2 is 1.92 bits per heavy atom. The second kappa shape index (κ2) is 6.10. The molecule has 2 aromatic carbocycles. The van der Waals surface area contributed by atoms with Gasteiger partial charge in [0.2, 0.25) is 0 Å². The molecule has 0 unspecified atom stereocenters. The summed E-state index contributed by atoms with van der Waals surface area (Å²) in [6.45, 7) is 1.84. The number of hydrogen-bond acceptors (Lipinski definition) is 6. The molecule has 0 saturated heterocycles. The number of oxazole rings is 1. The van der Waals surface area contributed by atoms with Gasteiger partial charge in [-0.1, -0.05) is 13.0 Å². The molecule has 6 nitrogen and oxygen atoms in total. The zero-order valence-electron chi connectivity index (χ0n) is 14.1. The number of aromatic nitrogens is 2. The molecule has 7 heteroatoms. The van der Waals surface area contributed by atoms with E-state index >= 15 is 0 Å². The van der Waals surface area contributed by atoms with Crippen LogP contribution in [0.4, 0.5) is 5.69 Å². The summed E-state index contributed by atoms with van der Waals surface area (Å²) in [5.41, 5.74) is 10.5. The highest BCUT2D eigenvalue weighted by molar-refractivity contribution is 7.91. The quantitative estimate of drug-likeness (QED) is 0.589.